The monoisotopic (exact) mass is 236 g/mol. The average Bonchev–Trinajstić information content (AvgIpc) is 2.72. The third kappa shape index (κ3) is 1.30. The first kappa shape index (κ1) is 11.2. The van der Waals surface area contributed by atoms with Gasteiger partial charge in [0.25, 0.3) is 0 Å². The summed E-state index contributed by atoms with van der Waals surface area (Å²) in [5.41, 5.74) is 4.34. The molecule has 0 N–H and O–H groups in total. The number of rotatable bonds is 3. The number of carbonyl (C=O) groups excluding carboxylic acids is 1. The van der Waals surface area contributed by atoms with E-state index in [0.717, 1.165) is 19.1 Å². The summed E-state index contributed by atoms with van der Waals surface area (Å²) in [7, 11) is 0. The fraction of sp³-hybridized carbons (Fsp3) is 0.235. The minimum Gasteiger partial charge on any atom is -0.302 e. The van der Waals surface area contributed by atoms with E-state index in [2.05, 4.69) is 31.2 Å². The quantitative estimate of drug-likeness (QED) is 0.737. The van der Waals surface area contributed by atoms with Crippen LogP contribution in [-0.4, -0.2) is 6.29 Å². The summed E-state index contributed by atoms with van der Waals surface area (Å²) in [4.78, 5) is 11.8. The fourth-order valence-corrected chi connectivity index (χ4v) is 3.21. The summed E-state index contributed by atoms with van der Waals surface area (Å²) >= 11 is 0. The lowest BCUT2D eigenvalue weighted by Crippen LogP contribution is -2.26. The predicted octanol–water partition coefficient (Wildman–Crippen LogP) is 3.95. The average molecular weight is 236 g/mol. The molecule has 0 aromatic heterocycles. The van der Waals surface area contributed by atoms with E-state index in [-0.39, 0.29) is 0 Å². The smallest absolute Gasteiger partial charge is 0.134 e. The van der Waals surface area contributed by atoms with Crippen LogP contribution in [0.1, 0.15) is 30.9 Å². The van der Waals surface area contributed by atoms with Gasteiger partial charge in [-0.15, -0.1) is 0 Å². The van der Waals surface area contributed by atoms with E-state index in [0.29, 0.717) is 0 Å². The summed E-state index contributed by atoms with van der Waals surface area (Å²) in [6.07, 6.45) is 3.02. The van der Waals surface area contributed by atoms with Gasteiger partial charge in [-0.05, 0) is 28.7 Å². The Labute approximate surface area is 107 Å². The van der Waals surface area contributed by atoms with Crippen LogP contribution < -0.4 is 0 Å². The van der Waals surface area contributed by atoms with Gasteiger partial charge in [0, 0.05) is 0 Å². The Morgan fingerprint density at radius 2 is 1.44 bits per heavy atom. The summed E-state index contributed by atoms with van der Waals surface area (Å²) in [6.45, 7) is 2.13. The van der Waals surface area contributed by atoms with E-state index in [9.17, 15) is 4.79 Å². The second kappa shape index (κ2) is 4.09. The van der Waals surface area contributed by atoms with Crippen LogP contribution >= 0.6 is 0 Å². The number of aldehydes is 1. The first-order valence-electron chi connectivity index (χ1n) is 6.49. The van der Waals surface area contributed by atoms with Crippen molar-refractivity contribution in [3.05, 3.63) is 59.7 Å². The molecular formula is C17H16O. The van der Waals surface area contributed by atoms with E-state index in [4.69, 9.17) is 0 Å². The third-order valence-corrected chi connectivity index (χ3v) is 3.95. The highest BCUT2D eigenvalue weighted by atomic mass is 16.1. The van der Waals surface area contributed by atoms with Gasteiger partial charge in [0.2, 0.25) is 0 Å². The Kier molecular flexibility index (Phi) is 2.55. The molecule has 0 heterocycles. The lowest BCUT2D eigenvalue weighted by molar-refractivity contribution is -0.111. The van der Waals surface area contributed by atoms with E-state index < -0.39 is 5.41 Å². The van der Waals surface area contributed by atoms with E-state index in [1.54, 1.807) is 0 Å². The van der Waals surface area contributed by atoms with Crippen molar-refractivity contribution < 1.29 is 4.79 Å². The summed E-state index contributed by atoms with van der Waals surface area (Å²) < 4.78 is 0. The molecular weight excluding hydrogens is 220 g/mol. The first-order valence-corrected chi connectivity index (χ1v) is 6.49. The number of carbonyl (C=O) groups is 1. The van der Waals surface area contributed by atoms with Gasteiger partial charge in [0.05, 0.1) is 5.41 Å². The topological polar surface area (TPSA) is 17.1 Å². The highest BCUT2D eigenvalue weighted by Crippen LogP contribution is 2.49. The second-order valence-electron chi connectivity index (χ2n) is 4.93. The van der Waals surface area contributed by atoms with Gasteiger partial charge < -0.3 is 4.79 Å². The van der Waals surface area contributed by atoms with Crippen molar-refractivity contribution in [1.29, 1.82) is 0 Å². The molecule has 0 bridgehead atoms. The van der Waals surface area contributed by atoms with Gasteiger partial charge in [-0.2, -0.15) is 0 Å². The van der Waals surface area contributed by atoms with E-state index in [1.807, 2.05) is 24.3 Å². The Morgan fingerprint density at radius 3 is 1.89 bits per heavy atom. The predicted molar refractivity (Wildman–Crippen MR) is 73.6 cm³/mol. The maximum atomic E-state index is 11.8. The number of benzene rings is 2. The van der Waals surface area contributed by atoms with Gasteiger partial charge in [-0.25, -0.2) is 0 Å². The van der Waals surface area contributed by atoms with Gasteiger partial charge in [-0.1, -0.05) is 61.9 Å². The SMILES string of the molecule is CCCC1(C=O)c2ccccc2-c2ccccc21. The minimum atomic E-state index is -0.429. The van der Waals surface area contributed by atoms with Crippen LogP contribution in [0.3, 0.4) is 0 Å². The largest absolute Gasteiger partial charge is 0.302 e. The van der Waals surface area contributed by atoms with Crippen molar-refractivity contribution in [1.82, 2.24) is 0 Å². The molecule has 0 saturated carbocycles. The Bertz CT molecular complexity index is 553. The Balaban J connectivity index is 2.36. The molecule has 0 aliphatic heterocycles. The van der Waals surface area contributed by atoms with E-state index >= 15 is 0 Å². The van der Waals surface area contributed by atoms with Gasteiger partial charge in [0.1, 0.15) is 6.29 Å². The number of hydrogen-bond acceptors (Lipinski definition) is 1. The molecule has 0 saturated heterocycles. The van der Waals surface area contributed by atoms with Crippen LogP contribution in [0.15, 0.2) is 48.5 Å². The second-order valence-corrected chi connectivity index (χ2v) is 4.93. The van der Waals surface area contributed by atoms with Crippen LogP contribution in [0.2, 0.25) is 0 Å². The molecule has 18 heavy (non-hydrogen) atoms. The molecule has 2 aromatic rings. The highest BCUT2D eigenvalue weighted by Gasteiger charge is 2.41. The van der Waals surface area contributed by atoms with Crippen LogP contribution in [0.5, 0.6) is 0 Å². The van der Waals surface area contributed by atoms with Crippen molar-refractivity contribution in [3.63, 3.8) is 0 Å². The van der Waals surface area contributed by atoms with Crippen LogP contribution in [-0.2, 0) is 10.2 Å². The maximum absolute atomic E-state index is 11.8. The number of hydrogen-bond donors (Lipinski definition) is 0. The molecule has 0 amide bonds. The van der Waals surface area contributed by atoms with Crippen LogP contribution in [0.4, 0.5) is 0 Å². The van der Waals surface area contributed by atoms with Gasteiger partial charge >= 0.3 is 0 Å². The molecule has 1 heteroatoms. The zero-order chi connectivity index (χ0) is 12.6. The molecule has 0 radical (unpaired) electrons. The summed E-state index contributed by atoms with van der Waals surface area (Å²) in [5.74, 6) is 0. The third-order valence-electron chi connectivity index (χ3n) is 3.95. The lowest BCUT2D eigenvalue weighted by Gasteiger charge is -2.25. The molecule has 0 spiro atoms. The molecule has 90 valence electrons. The first-order chi connectivity index (χ1) is 8.83. The zero-order valence-electron chi connectivity index (χ0n) is 10.5. The lowest BCUT2D eigenvalue weighted by atomic mass is 9.76. The molecule has 1 aliphatic carbocycles. The number of fused-ring (bicyclic) bond motifs is 3. The van der Waals surface area contributed by atoms with Crippen molar-refractivity contribution in [2.75, 3.05) is 0 Å². The molecule has 0 atom stereocenters. The van der Waals surface area contributed by atoms with Crippen molar-refractivity contribution in [2.45, 2.75) is 25.2 Å². The Hall–Kier alpha value is -1.89. The summed E-state index contributed by atoms with van der Waals surface area (Å²) in [5, 5.41) is 0. The van der Waals surface area contributed by atoms with Crippen molar-refractivity contribution in [2.24, 2.45) is 0 Å². The highest BCUT2D eigenvalue weighted by molar-refractivity contribution is 5.91. The maximum Gasteiger partial charge on any atom is 0.134 e. The fourth-order valence-electron chi connectivity index (χ4n) is 3.21. The van der Waals surface area contributed by atoms with Crippen molar-refractivity contribution in [3.8, 4) is 11.1 Å². The van der Waals surface area contributed by atoms with Gasteiger partial charge in [0.15, 0.2) is 0 Å². The molecule has 0 unspecified atom stereocenters. The molecule has 0 fully saturated rings. The zero-order valence-corrected chi connectivity index (χ0v) is 10.5. The molecule has 1 aliphatic rings. The van der Waals surface area contributed by atoms with Gasteiger partial charge in [-0.3, -0.25) is 0 Å². The Morgan fingerprint density at radius 1 is 0.944 bits per heavy atom. The normalized spacial score (nSPS) is 14.9. The molecule has 3 rings (SSSR count). The van der Waals surface area contributed by atoms with Crippen molar-refractivity contribution >= 4 is 6.29 Å². The standard InChI is InChI=1S/C17H16O/c1-2-11-17(12-18)15-9-5-3-7-13(15)14-8-4-6-10-16(14)17/h3-10,12H,2,11H2,1H3. The van der Waals surface area contributed by atoms with Crippen LogP contribution in [0, 0.1) is 0 Å². The molecule has 1 nitrogen and oxygen atoms in total. The minimum absolute atomic E-state index is 0.429. The summed E-state index contributed by atoms with van der Waals surface area (Å²) in [6, 6.07) is 16.6. The molecule has 2 aromatic carbocycles. The van der Waals surface area contributed by atoms with Crippen LogP contribution in [0.25, 0.3) is 11.1 Å². The van der Waals surface area contributed by atoms with E-state index in [1.165, 1.54) is 22.3 Å².